The summed E-state index contributed by atoms with van der Waals surface area (Å²) in [5.74, 6) is 5.70. The van der Waals surface area contributed by atoms with Gasteiger partial charge in [-0.15, -0.1) is 0 Å². The Bertz CT molecular complexity index is 1040. The molecular weight excluding hydrogens is 376 g/mol. The smallest absolute Gasteiger partial charge is 0.384 e. The fraction of sp³-hybridized carbons (Fsp3) is 0.286. The van der Waals surface area contributed by atoms with E-state index in [1.807, 2.05) is 13.8 Å². The van der Waals surface area contributed by atoms with Crippen LogP contribution in [0.1, 0.15) is 26.3 Å². The van der Waals surface area contributed by atoms with Crippen LogP contribution in [0.4, 0.5) is 0 Å². The molecule has 0 saturated heterocycles. The van der Waals surface area contributed by atoms with E-state index in [9.17, 15) is 4.79 Å². The van der Waals surface area contributed by atoms with Crippen LogP contribution in [0.3, 0.4) is 0 Å². The van der Waals surface area contributed by atoms with Gasteiger partial charge in [0.1, 0.15) is 12.4 Å². The molecule has 0 spiro atoms. The second kappa shape index (κ2) is 9.46. The molecule has 0 aliphatic heterocycles. The molecule has 29 heavy (non-hydrogen) atoms. The molecule has 8 nitrogen and oxygen atoms in total. The summed E-state index contributed by atoms with van der Waals surface area (Å²) in [6.45, 7) is 6.54. The predicted molar refractivity (Wildman–Crippen MR) is 102 cm³/mol. The first kappa shape index (κ1) is 20.0. The highest BCUT2D eigenvalue weighted by Crippen LogP contribution is 2.31. The van der Waals surface area contributed by atoms with E-state index in [4.69, 9.17) is 23.0 Å². The van der Waals surface area contributed by atoms with Crippen LogP contribution in [0.15, 0.2) is 33.4 Å². The maximum absolute atomic E-state index is 11.6. The normalized spacial score (nSPS) is 10.2. The van der Waals surface area contributed by atoms with E-state index < -0.39 is 5.97 Å². The van der Waals surface area contributed by atoms with E-state index >= 15 is 0 Å². The first-order valence-electron chi connectivity index (χ1n) is 9.07. The number of hydrogen-bond acceptors (Lipinski definition) is 8. The standard InChI is InChI=1S/C21H19N2O6/c1-4-25-17(24)10-9-14-7-8-15(20-22-12-18(28-20)26-5-2)11-16(14)21-23-13-19(29-21)27-6-3/h7-8,12-13H,4-6H2,1-3H3. The molecule has 0 N–H and O–H groups in total. The van der Waals surface area contributed by atoms with Crippen LogP contribution in [0.25, 0.3) is 22.9 Å². The number of rotatable bonds is 7. The zero-order valence-corrected chi connectivity index (χ0v) is 16.3. The largest absolute Gasteiger partial charge is 0.464 e. The minimum Gasteiger partial charge on any atom is -0.464 e. The van der Waals surface area contributed by atoms with E-state index in [-0.39, 0.29) is 18.4 Å². The maximum Gasteiger partial charge on any atom is 0.384 e. The number of hydrogen-bond donors (Lipinski definition) is 0. The molecule has 0 amide bonds. The summed E-state index contributed by atoms with van der Waals surface area (Å²) in [6, 6.07) is 6.55. The van der Waals surface area contributed by atoms with Gasteiger partial charge in [0.05, 0.1) is 25.4 Å². The lowest BCUT2D eigenvalue weighted by molar-refractivity contribution is -0.136. The van der Waals surface area contributed by atoms with Crippen LogP contribution in [0.5, 0.6) is 11.9 Å². The minimum atomic E-state index is -0.626. The SMILES string of the molecule is CCOC(=O)C#Cc1ccc(-c2ncc(OCC)o2)[c]c1-c1ncc(OCC)o1. The third-order valence-corrected chi connectivity index (χ3v) is 3.51. The number of ether oxygens (including phenoxy) is 3. The first-order valence-corrected chi connectivity index (χ1v) is 9.07. The van der Waals surface area contributed by atoms with Gasteiger partial charge in [0, 0.05) is 23.1 Å². The molecule has 149 valence electrons. The number of aromatic nitrogens is 2. The molecule has 0 atom stereocenters. The van der Waals surface area contributed by atoms with Gasteiger partial charge in [0.25, 0.3) is 0 Å². The lowest BCUT2D eigenvalue weighted by Gasteiger charge is -2.03. The van der Waals surface area contributed by atoms with Gasteiger partial charge in [-0.05, 0) is 32.9 Å². The van der Waals surface area contributed by atoms with Crippen molar-refractivity contribution in [3.8, 4) is 46.6 Å². The summed E-state index contributed by atoms with van der Waals surface area (Å²) in [7, 11) is 0. The Morgan fingerprint density at radius 3 is 2.31 bits per heavy atom. The second-order valence-corrected chi connectivity index (χ2v) is 5.47. The molecule has 0 saturated carbocycles. The summed E-state index contributed by atoms with van der Waals surface area (Å²) >= 11 is 0. The third kappa shape index (κ3) is 4.96. The maximum atomic E-state index is 11.6. The molecule has 0 fully saturated rings. The Hall–Kier alpha value is -3.73. The van der Waals surface area contributed by atoms with Crippen molar-refractivity contribution in [1.29, 1.82) is 0 Å². The number of nitrogens with zero attached hydrogens (tertiary/aromatic N) is 2. The summed E-state index contributed by atoms with van der Waals surface area (Å²) in [5, 5.41) is 0. The lowest BCUT2D eigenvalue weighted by atomic mass is 10.0. The molecule has 8 heteroatoms. The van der Waals surface area contributed by atoms with Crippen LogP contribution >= 0.6 is 0 Å². The molecule has 0 bridgehead atoms. The summed E-state index contributed by atoms with van der Waals surface area (Å²) in [6.07, 6.45) is 2.94. The van der Waals surface area contributed by atoms with Crippen molar-refractivity contribution in [3.63, 3.8) is 0 Å². The van der Waals surface area contributed by atoms with Crippen molar-refractivity contribution in [3.05, 3.63) is 36.2 Å². The molecule has 3 aromatic rings. The molecule has 2 heterocycles. The van der Waals surface area contributed by atoms with Gasteiger partial charge >= 0.3 is 17.9 Å². The lowest BCUT2D eigenvalue weighted by Crippen LogP contribution is -1.99. The Morgan fingerprint density at radius 2 is 1.66 bits per heavy atom. The zero-order valence-electron chi connectivity index (χ0n) is 16.3. The topological polar surface area (TPSA) is 96.8 Å². The van der Waals surface area contributed by atoms with Crippen molar-refractivity contribution in [2.75, 3.05) is 19.8 Å². The fourth-order valence-corrected chi connectivity index (χ4v) is 2.35. The monoisotopic (exact) mass is 395 g/mol. The van der Waals surface area contributed by atoms with E-state index in [1.54, 1.807) is 19.1 Å². The van der Waals surface area contributed by atoms with Crippen LogP contribution in [-0.4, -0.2) is 35.8 Å². The Kier molecular flexibility index (Phi) is 6.53. The van der Waals surface area contributed by atoms with Gasteiger partial charge in [-0.25, -0.2) is 14.8 Å². The highest BCUT2D eigenvalue weighted by Gasteiger charge is 2.16. The molecular formula is C21H19N2O6. The van der Waals surface area contributed by atoms with Crippen LogP contribution < -0.4 is 9.47 Å². The summed E-state index contributed by atoms with van der Waals surface area (Å²) in [5.41, 5.74) is 1.45. The highest BCUT2D eigenvalue weighted by atomic mass is 16.6. The fourth-order valence-electron chi connectivity index (χ4n) is 2.35. The van der Waals surface area contributed by atoms with Crippen LogP contribution in [0, 0.1) is 17.9 Å². The third-order valence-electron chi connectivity index (χ3n) is 3.51. The quantitative estimate of drug-likeness (QED) is 0.443. The first-order chi connectivity index (χ1) is 14.1. The number of benzene rings is 1. The number of oxazole rings is 2. The van der Waals surface area contributed by atoms with Gasteiger partial charge in [-0.3, -0.25) is 0 Å². The van der Waals surface area contributed by atoms with Gasteiger partial charge in [-0.1, -0.05) is 5.92 Å². The number of esters is 1. The summed E-state index contributed by atoms with van der Waals surface area (Å²) < 4.78 is 26.6. The van der Waals surface area contributed by atoms with Gasteiger partial charge in [0.15, 0.2) is 0 Å². The van der Waals surface area contributed by atoms with Crippen molar-refractivity contribution >= 4 is 5.97 Å². The average molecular weight is 395 g/mol. The Balaban J connectivity index is 2.02. The van der Waals surface area contributed by atoms with Crippen molar-refractivity contribution in [1.82, 2.24) is 9.97 Å². The van der Waals surface area contributed by atoms with E-state index in [2.05, 4.69) is 27.9 Å². The van der Waals surface area contributed by atoms with Crippen LogP contribution in [-0.2, 0) is 9.53 Å². The summed E-state index contributed by atoms with van der Waals surface area (Å²) in [4.78, 5) is 20.0. The van der Waals surface area contributed by atoms with Crippen molar-refractivity contribution < 1.29 is 27.8 Å². The predicted octanol–water partition coefficient (Wildman–Crippen LogP) is 3.51. The molecule has 1 radical (unpaired) electrons. The zero-order chi connectivity index (χ0) is 20.6. The molecule has 3 rings (SSSR count). The van der Waals surface area contributed by atoms with Gasteiger partial charge < -0.3 is 23.0 Å². The van der Waals surface area contributed by atoms with E-state index in [0.29, 0.717) is 41.7 Å². The van der Waals surface area contributed by atoms with E-state index in [1.165, 1.54) is 12.4 Å². The molecule has 2 aromatic heterocycles. The number of carbonyl (C=O) groups excluding carboxylic acids is 1. The van der Waals surface area contributed by atoms with Crippen molar-refractivity contribution in [2.24, 2.45) is 0 Å². The highest BCUT2D eigenvalue weighted by molar-refractivity contribution is 5.89. The molecule has 1 aromatic carbocycles. The molecule has 0 aliphatic carbocycles. The molecule has 0 unspecified atom stereocenters. The van der Waals surface area contributed by atoms with E-state index in [0.717, 1.165) is 0 Å². The minimum absolute atomic E-state index is 0.236. The second-order valence-electron chi connectivity index (χ2n) is 5.47. The van der Waals surface area contributed by atoms with Crippen molar-refractivity contribution in [2.45, 2.75) is 20.8 Å². The van der Waals surface area contributed by atoms with Crippen LogP contribution in [0.2, 0.25) is 0 Å². The van der Waals surface area contributed by atoms with Gasteiger partial charge in [0.2, 0.25) is 11.8 Å². The average Bonchev–Trinajstić information content (AvgIpc) is 3.37. The Morgan fingerprint density at radius 1 is 1.00 bits per heavy atom. The Labute approximate surface area is 167 Å². The molecule has 0 aliphatic rings. The van der Waals surface area contributed by atoms with Gasteiger partial charge in [-0.2, -0.15) is 0 Å². The number of carbonyl (C=O) groups is 1.